The average Bonchev–Trinajstić information content (AvgIpc) is 3.34. The van der Waals surface area contributed by atoms with Gasteiger partial charge in [0.05, 0.1) is 6.04 Å². The molecule has 1 unspecified atom stereocenters. The van der Waals surface area contributed by atoms with Gasteiger partial charge in [-0.25, -0.2) is 0 Å². The van der Waals surface area contributed by atoms with Crippen LogP contribution in [0.4, 0.5) is 0 Å². The van der Waals surface area contributed by atoms with E-state index in [9.17, 15) is 4.79 Å². The van der Waals surface area contributed by atoms with Gasteiger partial charge in [-0.1, -0.05) is 71.4 Å². The van der Waals surface area contributed by atoms with Crippen LogP contribution in [0.25, 0.3) is 22.2 Å². The Morgan fingerprint density at radius 2 is 1.66 bits per heavy atom. The molecular weight excluding hydrogens is 400 g/mol. The number of piperazine rings is 1. The van der Waals surface area contributed by atoms with Crippen molar-refractivity contribution in [2.24, 2.45) is 0 Å². The van der Waals surface area contributed by atoms with Crippen LogP contribution in [0.5, 0.6) is 0 Å². The predicted molar refractivity (Wildman–Crippen MR) is 124 cm³/mol. The second-order valence-electron chi connectivity index (χ2n) is 8.35. The molecule has 0 spiro atoms. The molecule has 5 rings (SSSR count). The minimum absolute atomic E-state index is 0.00324. The number of benzene rings is 3. The highest BCUT2D eigenvalue weighted by molar-refractivity contribution is 6.07. The summed E-state index contributed by atoms with van der Waals surface area (Å²) in [7, 11) is 0. The fourth-order valence-corrected chi connectivity index (χ4v) is 4.28. The number of amides is 1. The highest BCUT2D eigenvalue weighted by Crippen LogP contribution is 2.25. The summed E-state index contributed by atoms with van der Waals surface area (Å²) in [6, 6.07) is 22.0. The summed E-state index contributed by atoms with van der Waals surface area (Å²) >= 11 is 0. The van der Waals surface area contributed by atoms with E-state index >= 15 is 0 Å². The van der Waals surface area contributed by atoms with Crippen molar-refractivity contribution in [1.29, 1.82) is 0 Å². The molecule has 0 saturated carbocycles. The molecule has 6 nitrogen and oxygen atoms in total. The van der Waals surface area contributed by atoms with Gasteiger partial charge in [-0.05, 0) is 30.7 Å². The lowest BCUT2D eigenvalue weighted by Gasteiger charge is -2.37. The van der Waals surface area contributed by atoms with Gasteiger partial charge in [-0.2, -0.15) is 4.98 Å². The van der Waals surface area contributed by atoms with E-state index < -0.39 is 0 Å². The molecule has 1 aliphatic rings. The fourth-order valence-electron chi connectivity index (χ4n) is 4.28. The Hall–Kier alpha value is -3.51. The zero-order valence-electron chi connectivity index (χ0n) is 18.4. The topological polar surface area (TPSA) is 62.5 Å². The van der Waals surface area contributed by atoms with Crippen molar-refractivity contribution in [3.63, 3.8) is 0 Å². The number of aromatic nitrogens is 2. The Kier molecular flexibility index (Phi) is 5.45. The molecule has 2 heterocycles. The van der Waals surface area contributed by atoms with E-state index in [-0.39, 0.29) is 11.9 Å². The van der Waals surface area contributed by atoms with Crippen LogP contribution < -0.4 is 0 Å². The summed E-state index contributed by atoms with van der Waals surface area (Å²) < 4.78 is 5.57. The SMILES string of the molecule is Cc1ccc(-c2noc(C(C)N3CCN(C(=O)c4cccc5ccccc45)CC3)n2)cc1. The molecule has 4 aromatic rings. The first-order valence-corrected chi connectivity index (χ1v) is 11.0. The zero-order valence-corrected chi connectivity index (χ0v) is 18.4. The Morgan fingerprint density at radius 1 is 0.938 bits per heavy atom. The molecule has 6 heteroatoms. The third-order valence-electron chi connectivity index (χ3n) is 6.28. The third kappa shape index (κ3) is 3.89. The van der Waals surface area contributed by atoms with Crippen LogP contribution in [0.1, 0.15) is 34.8 Å². The van der Waals surface area contributed by atoms with E-state index in [0.29, 0.717) is 24.8 Å². The van der Waals surface area contributed by atoms with Crippen LogP contribution in [0, 0.1) is 6.92 Å². The number of rotatable bonds is 4. The lowest BCUT2D eigenvalue weighted by molar-refractivity contribution is 0.0553. The fraction of sp³-hybridized carbons (Fsp3) is 0.269. The molecule has 1 saturated heterocycles. The first-order valence-electron chi connectivity index (χ1n) is 11.0. The van der Waals surface area contributed by atoms with Crippen LogP contribution in [-0.4, -0.2) is 52.0 Å². The number of hydrogen-bond donors (Lipinski definition) is 0. The van der Waals surface area contributed by atoms with Crippen LogP contribution >= 0.6 is 0 Å². The summed E-state index contributed by atoms with van der Waals surface area (Å²) in [5, 5.41) is 6.26. The van der Waals surface area contributed by atoms with Crippen molar-refractivity contribution < 1.29 is 9.32 Å². The first-order chi connectivity index (χ1) is 15.6. The maximum atomic E-state index is 13.2. The number of fused-ring (bicyclic) bond motifs is 1. The largest absolute Gasteiger partial charge is 0.337 e. The summed E-state index contributed by atoms with van der Waals surface area (Å²) in [4.78, 5) is 22.1. The van der Waals surface area contributed by atoms with E-state index in [1.54, 1.807) is 0 Å². The van der Waals surface area contributed by atoms with Gasteiger partial charge in [0.1, 0.15) is 0 Å². The summed E-state index contributed by atoms with van der Waals surface area (Å²) in [6.07, 6.45) is 0. The monoisotopic (exact) mass is 426 g/mol. The van der Waals surface area contributed by atoms with Crippen molar-refractivity contribution in [2.75, 3.05) is 26.2 Å². The average molecular weight is 427 g/mol. The van der Waals surface area contributed by atoms with Crippen LogP contribution in [-0.2, 0) is 0 Å². The summed E-state index contributed by atoms with van der Waals surface area (Å²) in [5.41, 5.74) is 2.91. The van der Waals surface area contributed by atoms with Gasteiger partial charge in [-0.3, -0.25) is 9.69 Å². The van der Waals surface area contributed by atoms with Gasteiger partial charge in [0, 0.05) is 37.3 Å². The van der Waals surface area contributed by atoms with Crippen molar-refractivity contribution in [1.82, 2.24) is 19.9 Å². The van der Waals surface area contributed by atoms with E-state index in [4.69, 9.17) is 4.52 Å². The van der Waals surface area contributed by atoms with E-state index in [1.807, 2.05) is 71.6 Å². The number of carbonyl (C=O) groups is 1. The number of hydrogen-bond acceptors (Lipinski definition) is 5. The third-order valence-corrected chi connectivity index (χ3v) is 6.28. The number of carbonyl (C=O) groups excluding carboxylic acids is 1. The minimum Gasteiger partial charge on any atom is -0.337 e. The minimum atomic E-state index is -0.00324. The van der Waals surface area contributed by atoms with Crippen LogP contribution in [0.2, 0.25) is 0 Å². The summed E-state index contributed by atoms with van der Waals surface area (Å²) in [6.45, 7) is 7.00. The van der Waals surface area contributed by atoms with Crippen molar-refractivity contribution in [3.8, 4) is 11.4 Å². The van der Waals surface area contributed by atoms with Gasteiger partial charge in [-0.15, -0.1) is 0 Å². The van der Waals surface area contributed by atoms with Gasteiger partial charge < -0.3 is 9.42 Å². The summed E-state index contributed by atoms with van der Waals surface area (Å²) in [5.74, 6) is 1.31. The second kappa shape index (κ2) is 8.55. The lowest BCUT2D eigenvalue weighted by atomic mass is 10.0. The Labute approximate surface area is 187 Å². The smallest absolute Gasteiger partial charge is 0.254 e. The molecule has 0 radical (unpaired) electrons. The highest BCUT2D eigenvalue weighted by atomic mass is 16.5. The van der Waals surface area contributed by atoms with Crippen LogP contribution in [0.3, 0.4) is 0 Å². The van der Waals surface area contributed by atoms with Crippen molar-refractivity contribution in [3.05, 3.63) is 83.7 Å². The van der Waals surface area contributed by atoms with E-state index in [1.165, 1.54) is 5.56 Å². The van der Waals surface area contributed by atoms with Gasteiger partial charge in [0.15, 0.2) is 0 Å². The molecule has 1 fully saturated rings. The quantitative estimate of drug-likeness (QED) is 0.473. The lowest BCUT2D eigenvalue weighted by Crippen LogP contribution is -2.49. The Balaban J connectivity index is 1.25. The maximum absolute atomic E-state index is 13.2. The molecule has 1 amide bonds. The standard InChI is InChI=1S/C26H26N4O2/c1-18-10-12-21(13-11-18)24-27-25(32-28-24)19(2)29-14-16-30(17-15-29)26(31)23-9-5-7-20-6-3-4-8-22(20)23/h3-13,19H,14-17H2,1-2H3. The highest BCUT2D eigenvalue weighted by Gasteiger charge is 2.28. The number of aryl methyl sites for hydroxylation is 1. The predicted octanol–water partition coefficient (Wildman–Crippen LogP) is 4.72. The molecular formula is C26H26N4O2. The molecule has 3 aromatic carbocycles. The first kappa shape index (κ1) is 20.4. The zero-order chi connectivity index (χ0) is 22.1. The normalized spacial score (nSPS) is 15.8. The van der Waals surface area contributed by atoms with Gasteiger partial charge in [0.25, 0.3) is 5.91 Å². The molecule has 0 bridgehead atoms. The molecule has 0 aliphatic carbocycles. The van der Waals surface area contributed by atoms with Crippen LogP contribution in [0.15, 0.2) is 71.3 Å². The molecule has 32 heavy (non-hydrogen) atoms. The maximum Gasteiger partial charge on any atom is 0.254 e. The van der Waals surface area contributed by atoms with Crippen molar-refractivity contribution >= 4 is 16.7 Å². The molecule has 1 aliphatic heterocycles. The number of nitrogens with zero attached hydrogens (tertiary/aromatic N) is 4. The second-order valence-corrected chi connectivity index (χ2v) is 8.35. The molecule has 162 valence electrons. The van der Waals surface area contributed by atoms with Crippen molar-refractivity contribution in [2.45, 2.75) is 19.9 Å². The van der Waals surface area contributed by atoms with E-state index in [2.05, 4.69) is 28.9 Å². The Morgan fingerprint density at radius 3 is 2.44 bits per heavy atom. The molecule has 0 N–H and O–H groups in total. The Bertz CT molecular complexity index is 1230. The molecule has 1 aromatic heterocycles. The molecule has 1 atom stereocenters. The van der Waals surface area contributed by atoms with E-state index in [0.717, 1.165) is 35.0 Å². The van der Waals surface area contributed by atoms with Gasteiger partial charge >= 0.3 is 0 Å². The van der Waals surface area contributed by atoms with Gasteiger partial charge in [0.2, 0.25) is 11.7 Å².